The summed E-state index contributed by atoms with van der Waals surface area (Å²) in [6.45, 7) is 14.9. The maximum atomic E-state index is 2.50. The average Bonchev–Trinajstić information content (AvgIpc) is 2.25. The zero-order valence-electron chi connectivity index (χ0n) is 13.9. The number of rotatable bonds is 2. The van der Waals surface area contributed by atoms with Crippen molar-refractivity contribution in [3.05, 3.63) is 0 Å². The second-order valence-electron chi connectivity index (χ2n) is 8.13. The van der Waals surface area contributed by atoms with E-state index in [0.717, 1.165) is 46.0 Å². The first-order chi connectivity index (χ1) is 8.88. The topological polar surface area (TPSA) is 0 Å². The Morgan fingerprint density at radius 1 is 0.526 bits per heavy atom. The van der Waals surface area contributed by atoms with E-state index in [4.69, 9.17) is 0 Å². The fourth-order valence-electron chi connectivity index (χ4n) is 5.11. The van der Waals surface area contributed by atoms with Gasteiger partial charge in [-0.05, 0) is 61.2 Å². The predicted octanol–water partition coefficient (Wildman–Crippen LogP) is 5.86. The summed E-state index contributed by atoms with van der Waals surface area (Å²) in [5.74, 6) is 5.57. The summed E-state index contributed by atoms with van der Waals surface area (Å²) in [5.41, 5.74) is 0. The molecule has 112 valence electrons. The normalized spacial score (nSPS) is 52.1. The van der Waals surface area contributed by atoms with E-state index >= 15 is 0 Å². The number of hydrogen-bond donors (Lipinski definition) is 0. The molecule has 2 fully saturated rings. The maximum absolute atomic E-state index is 2.50. The molecular formula is C18H34S. The third kappa shape index (κ3) is 3.71. The molecule has 0 spiro atoms. The van der Waals surface area contributed by atoms with Crippen LogP contribution in [0.3, 0.4) is 0 Å². The van der Waals surface area contributed by atoms with Crippen molar-refractivity contribution in [1.82, 2.24) is 0 Å². The number of hydrogen-bond acceptors (Lipinski definition) is 1. The standard InChI is InChI=1S/C18H34S/c1-11-7-13(3)17(14(4)8-11)19-18-15(5)9-12(2)10-16(18)6/h11-18H,7-10H2,1-6H3. The van der Waals surface area contributed by atoms with Crippen LogP contribution in [0.5, 0.6) is 0 Å². The van der Waals surface area contributed by atoms with Gasteiger partial charge in [-0.3, -0.25) is 0 Å². The molecule has 0 N–H and O–H groups in total. The zero-order chi connectivity index (χ0) is 14.2. The Balaban J connectivity index is 1.99. The third-order valence-corrected chi connectivity index (χ3v) is 8.14. The fourth-order valence-corrected chi connectivity index (χ4v) is 6.99. The van der Waals surface area contributed by atoms with Gasteiger partial charge in [0.05, 0.1) is 0 Å². The van der Waals surface area contributed by atoms with E-state index in [1.807, 2.05) is 0 Å². The Labute approximate surface area is 125 Å². The van der Waals surface area contributed by atoms with Crippen molar-refractivity contribution >= 4 is 11.8 Å². The lowest BCUT2D eigenvalue weighted by Crippen LogP contribution is -2.38. The molecule has 0 radical (unpaired) electrons. The zero-order valence-corrected chi connectivity index (χ0v) is 14.7. The lowest BCUT2D eigenvalue weighted by Gasteiger charge is -2.44. The Hall–Kier alpha value is 0.350. The van der Waals surface area contributed by atoms with E-state index in [1.54, 1.807) is 0 Å². The van der Waals surface area contributed by atoms with Gasteiger partial charge < -0.3 is 0 Å². The first-order valence-electron chi connectivity index (χ1n) is 8.53. The van der Waals surface area contributed by atoms with Crippen molar-refractivity contribution < 1.29 is 0 Å². The summed E-state index contributed by atoms with van der Waals surface area (Å²) < 4.78 is 0. The monoisotopic (exact) mass is 282 g/mol. The van der Waals surface area contributed by atoms with E-state index < -0.39 is 0 Å². The molecule has 19 heavy (non-hydrogen) atoms. The first-order valence-corrected chi connectivity index (χ1v) is 9.48. The summed E-state index contributed by atoms with van der Waals surface area (Å²) >= 11 is 2.38. The van der Waals surface area contributed by atoms with Crippen molar-refractivity contribution in [2.45, 2.75) is 77.7 Å². The molecule has 2 saturated carbocycles. The molecule has 0 saturated heterocycles. The summed E-state index contributed by atoms with van der Waals surface area (Å²) in [6.07, 6.45) is 5.81. The largest absolute Gasteiger partial charge is 0.154 e. The lowest BCUT2D eigenvalue weighted by molar-refractivity contribution is 0.227. The number of thioether (sulfide) groups is 1. The molecule has 4 atom stereocenters. The average molecular weight is 283 g/mol. The molecule has 2 aliphatic rings. The Morgan fingerprint density at radius 2 is 0.789 bits per heavy atom. The van der Waals surface area contributed by atoms with Gasteiger partial charge in [0.15, 0.2) is 0 Å². The summed E-state index contributed by atoms with van der Waals surface area (Å²) in [4.78, 5) is 0. The van der Waals surface area contributed by atoms with Crippen LogP contribution in [-0.4, -0.2) is 10.5 Å². The lowest BCUT2D eigenvalue weighted by atomic mass is 9.76. The van der Waals surface area contributed by atoms with Gasteiger partial charge >= 0.3 is 0 Å². The van der Waals surface area contributed by atoms with Gasteiger partial charge in [-0.2, -0.15) is 11.8 Å². The van der Waals surface area contributed by atoms with Crippen LogP contribution in [-0.2, 0) is 0 Å². The van der Waals surface area contributed by atoms with Crippen molar-refractivity contribution in [2.75, 3.05) is 0 Å². The van der Waals surface area contributed by atoms with Crippen LogP contribution in [0.2, 0.25) is 0 Å². The Morgan fingerprint density at radius 3 is 1.05 bits per heavy atom. The molecule has 0 bridgehead atoms. The van der Waals surface area contributed by atoms with Crippen molar-refractivity contribution in [2.24, 2.45) is 35.5 Å². The van der Waals surface area contributed by atoms with Crippen LogP contribution in [0, 0.1) is 35.5 Å². The van der Waals surface area contributed by atoms with Gasteiger partial charge in [0.2, 0.25) is 0 Å². The summed E-state index contributed by atoms with van der Waals surface area (Å²) in [6, 6.07) is 0. The maximum Gasteiger partial charge on any atom is 0.0101 e. The smallest absolute Gasteiger partial charge is 0.0101 e. The van der Waals surface area contributed by atoms with E-state index in [9.17, 15) is 0 Å². The second-order valence-corrected chi connectivity index (χ2v) is 9.49. The molecule has 1 heteroatoms. The molecule has 0 heterocycles. The van der Waals surface area contributed by atoms with Crippen molar-refractivity contribution in [3.8, 4) is 0 Å². The van der Waals surface area contributed by atoms with Crippen LogP contribution < -0.4 is 0 Å². The first kappa shape index (κ1) is 15.7. The minimum absolute atomic E-state index is 0.916. The molecule has 0 nitrogen and oxygen atoms in total. The van der Waals surface area contributed by atoms with E-state index in [0.29, 0.717) is 0 Å². The molecule has 0 aliphatic heterocycles. The minimum atomic E-state index is 0.916. The van der Waals surface area contributed by atoms with Crippen molar-refractivity contribution in [3.63, 3.8) is 0 Å². The minimum Gasteiger partial charge on any atom is -0.154 e. The highest BCUT2D eigenvalue weighted by molar-refractivity contribution is 8.00. The highest BCUT2D eigenvalue weighted by Crippen LogP contribution is 2.47. The molecule has 0 aromatic carbocycles. The van der Waals surface area contributed by atoms with Gasteiger partial charge in [-0.15, -0.1) is 0 Å². The quantitative estimate of drug-likeness (QED) is 0.611. The van der Waals surface area contributed by atoms with E-state index in [2.05, 4.69) is 53.3 Å². The molecule has 0 aromatic rings. The molecular weight excluding hydrogens is 248 g/mol. The molecule has 4 unspecified atom stereocenters. The van der Waals surface area contributed by atoms with Gasteiger partial charge in [-0.1, -0.05) is 41.5 Å². The van der Waals surface area contributed by atoms with E-state index in [-0.39, 0.29) is 0 Å². The molecule has 0 amide bonds. The van der Waals surface area contributed by atoms with Crippen LogP contribution in [0.4, 0.5) is 0 Å². The highest BCUT2D eigenvalue weighted by Gasteiger charge is 2.38. The molecule has 0 aromatic heterocycles. The summed E-state index contributed by atoms with van der Waals surface area (Å²) in [5, 5.41) is 1.83. The van der Waals surface area contributed by atoms with Gasteiger partial charge in [0.1, 0.15) is 0 Å². The predicted molar refractivity (Wildman–Crippen MR) is 88.6 cm³/mol. The third-order valence-electron chi connectivity index (χ3n) is 5.65. The van der Waals surface area contributed by atoms with Crippen LogP contribution >= 0.6 is 11.8 Å². The summed E-state index contributed by atoms with van der Waals surface area (Å²) in [7, 11) is 0. The van der Waals surface area contributed by atoms with E-state index in [1.165, 1.54) is 25.7 Å². The highest BCUT2D eigenvalue weighted by atomic mass is 32.2. The molecule has 2 aliphatic carbocycles. The van der Waals surface area contributed by atoms with Crippen molar-refractivity contribution in [1.29, 1.82) is 0 Å². The Bertz CT molecular complexity index is 235. The van der Waals surface area contributed by atoms with Gasteiger partial charge in [0.25, 0.3) is 0 Å². The van der Waals surface area contributed by atoms with Gasteiger partial charge in [-0.25, -0.2) is 0 Å². The van der Waals surface area contributed by atoms with Gasteiger partial charge in [0, 0.05) is 10.5 Å². The van der Waals surface area contributed by atoms with Crippen LogP contribution in [0.1, 0.15) is 67.2 Å². The SMILES string of the molecule is CC1CC(C)C(SC2C(C)CC(C)CC2C)C(C)C1. The second kappa shape index (κ2) is 6.41. The Kier molecular flexibility index (Phi) is 5.31. The fraction of sp³-hybridized carbons (Fsp3) is 1.00. The van der Waals surface area contributed by atoms with Crippen LogP contribution in [0.15, 0.2) is 0 Å². The molecule has 2 rings (SSSR count). The van der Waals surface area contributed by atoms with Crippen LogP contribution in [0.25, 0.3) is 0 Å².